The maximum Gasteiger partial charge on any atom is 0.126 e. The number of aromatic nitrogens is 1. The highest BCUT2D eigenvalue weighted by atomic mass is 79.9. The fraction of sp³-hybridized carbons (Fsp3) is 0.214. The van der Waals surface area contributed by atoms with Crippen molar-refractivity contribution in [1.82, 2.24) is 4.98 Å². The largest absolute Gasteiger partial charge is 0.370 e. The SMILES string of the molecule is CCNc1cc(CSc2cccc(Br)c2)ccn1. The van der Waals surface area contributed by atoms with Crippen LogP contribution in [0.25, 0.3) is 0 Å². The molecular weight excluding hydrogens is 308 g/mol. The predicted molar refractivity (Wildman–Crippen MR) is 82.1 cm³/mol. The number of rotatable bonds is 5. The number of nitrogens with zero attached hydrogens (tertiary/aromatic N) is 1. The quantitative estimate of drug-likeness (QED) is 0.816. The van der Waals surface area contributed by atoms with Crippen LogP contribution in [0.15, 0.2) is 52.0 Å². The zero-order valence-electron chi connectivity index (χ0n) is 10.2. The molecule has 0 amide bonds. The van der Waals surface area contributed by atoms with Gasteiger partial charge in [0.15, 0.2) is 0 Å². The van der Waals surface area contributed by atoms with Crippen molar-refractivity contribution in [3.63, 3.8) is 0 Å². The summed E-state index contributed by atoms with van der Waals surface area (Å²) in [4.78, 5) is 5.54. The number of thioether (sulfide) groups is 1. The topological polar surface area (TPSA) is 24.9 Å². The molecule has 0 unspecified atom stereocenters. The van der Waals surface area contributed by atoms with E-state index >= 15 is 0 Å². The van der Waals surface area contributed by atoms with Crippen molar-refractivity contribution in [2.24, 2.45) is 0 Å². The number of halogens is 1. The van der Waals surface area contributed by atoms with Crippen molar-refractivity contribution < 1.29 is 0 Å². The maximum atomic E-state index is 4.27. The van der Waals surface area contributed by atoms with Crippen LogP contribution in [0, 0.1) is 0 Å². The fourth-order valence-corrected chi connectivity index (χ4v) is 3.01. The van der Waals surface area contributed by atoms with Crippen molar-refractivity contribution >= 4 is 33.5 Å². The van der Waals surface area contributed by atoms with E-state index in [9.17, 15) is 0 Å². The molecule has 0 bridgehead atoms. The molecule has 0 atom stereocenters. The molecule has 0 saturated heterocycles. The van der Waals surface area contributed by atoms with Gasteiger partial charge in [0, 0.05) is 27.9 Å². The number of hydrogen-bond acceptors (Lipinski definition) is 3. The molecule has 0 fully saturated rings. The summed E-state index contributed by atoms with van der Waals surface area (Å²) in [5, 5.41) is 3.23. The van der Waals surface area contributed by atoms with Crippen LogP contribution in [-0.4, -0.2) is 11.5 Å². The van der Waals surface area contributed by atoms with E-state index in [1.807, 2.05) is 24.0 Å². The van der Waals surface area contributed by atoms with Crippen molar-refractivity contribution in [3.05, 3.63) is 52.6 Å². The summed E-state index contributed by atoms with van der Waals surface area (Å²) in [5.41, 5.74) is 1.28. The van der Waals surface area contributed by atoms with Gasteiger partial charge in [-0.05, 0) is 42.8 Å². The van der Waals surface area contributed by atoms with Gasteiger partial charge in [0.05, 0.1) is 0 Å². The first kappa shape index (κ1) is 13.4. The van der Waals surface area contributed by atoms with Crippen LogP contribution in [-0.2, 0) is 5.75 Å². The first-order valence-electron chi connectivity index (χ1n) is 5.85. The first-order valence-corrected chi connectivity index (χ1v) is 7.63. The number of pyridine rings is 1. The average molecular weight is 323 g/mol. The molecule has 0 aliphatic heterocycles. The van der Waals surface area contributed by atoms with Gasteiger partial charge in [0.25, 0.3) is 0 Å². The van der Waals surface area contributed by atoms with Gasteiger partial charge < -0.3 is 5.32 Å². The molecule has 2 rings (SSSR count). The highest BCUT2D eigenvalue weighted by Gasteiger charge is 1.99. The molecule has 4 heteroatoms. The summed E-state index contributed by atoms with van der Waals surface area (Å²) in [7, 11) is 0. The second-order valence-electron chi connectivity index (χ2n) is 3.83. The van der Waals surface area contributed by atoms with E-state index in [1.165, 1.54) is 10.5 Å². The first-order chi connectivity index (χ1) is 8.78. The summed E-state index contributed by atoms with van der Waals surface area (Å²) in [6, 6.07) is 12.5. The van der Waals surface area contributed by atoms with Gasteiger partial charge in [-0.3, -0.25) is 0 Å². The summed E-state index contributed by atoms with van der Waals surface area (Å²) in [6.07, 6.45) is 1.86. The Labute approximate surface area is 120 Å². The standard InChI is InChI=1S/C14H15BrN2S/c1-2-16-14-8-11(6-7-17-14)10-18-13-5-3-4-12(15)9-13/h3-9H,2,10H2,1H3,(H,16,17). The van der Waals surface area contributed by atoms with Crippen molar-refractivity contribution in [1.29, 1.82) is 0 Å². The van der Waals surface area contributed by atoms with E-state index < -0.39 is 0 Å². The highest BCUT2D eigenvalue weighted by Crippen LogP contribution is 2.25. The van der Waals surface area contributed by atoms with Crippen molar-refractivity contribution in [2.75, 3.05) is 11.9 Å². The van der Waals surface area contributed by atoms with Crippen LogP contribution in [0.2, 0.25) is 0 Å². The Bertz CT molecular complexity index is 517. The van der Waals surface area contributed by atoms with Gasteiger partial charge in [-0.1, -0.05) is 22.0 Å². The van der Waals surface area contributed by atoms with Crippen LogP contribution in [0.3, 0.4) is 0 Å². The Kier molecular flexibility index (Phi) is 5.08. The van der Waals surface area contributed by atoms with Crippen molar-refractivity contribution in [3.8, 4) is 0 Å². The molecule has 0 saturated carbocycles. The normalized spacial score (nSPS) is 10.3. The number of anilines is 1. The van der Waals surface area contributed by atoms with Gasteiger partial charge in [-0.25, -0.2) is 4.98 Å². The van der Waals surface area contributed by atoms with Gasteiger partial charge in [0.2, 0.25) is 0 Å². The van der Waals surface area contributed by atoms with E-state index in [0.29, 0.717) is 0 Å². The van der Waals surface area contributed by atoms with E-state index in [-0.39, 0.29) is 0 Å². The molecule has 1 N–H and O–H groups in total. The van der Waals surface area contributed by atoms with E-state index in [0.717, 1.165) is 22.6 Å². The number of hydrogen-bond donors (Lipinski definition) is 1. The fourth-order valence-electron chi connectivity index (χ4n) is 1.57. The minimum atomic E-state index is 0.898. The summed E-state index contributed by atoms with van der Waals surface area (Å²) < 4.78 is 1.12. The molecule has 1 heterocycles. The Balaban J connectivity index is 1.99. The van der Waals surface area contributed by atoms with Crippen LogP contribution in [0.1, 0.15) is 12.5 Å². The molecule has 2 aromatic rings. The zero-order chi connectivity index (χ0) is 12.8. The third kappa shape index (κ3) is 4.03. The number of benzene rings is 1. The van der Waals surface area contributed by atoms with E-state index in [1.54, 1.807) is 0 Å². The van der Waals surface area contributed by atoms with Gasteiger partial charge in [0.1, 0.15) is 5.82 Å². The second-order valence-corrected chi connectivity index (χ2v) is 5.79. The Morgan fingerprint density at radius 3 is 2.94 bits per heavy atom. The molecule has 94 valence electrons. The lowest BCUT2D eigenvalue weighted by molar-refractivity contribution is 1.15. The molecule has 1 aromatic carbocycles. The molecule has 1 aromatic heterocycles. The third-order valence-electron chi connectivity index (χ3n) is 2.38. The average Bonchev–Trinajstić information content (AvgIpc) is 2.37. The van der Waals surface area contributed by atoms with Crippen LogP contribution in [0.4, 0.5) is 5.82 Å². The second kappa shape index (κ2) is 6.81. The van der Waals surface area contributed by atoms with Crippen molar-refractivity contribution in [2.45, 2.75) is 17.6 Å². The Morgan fingerprint density at radius 1 is 1.28 bits per heavy atom. The highest BCUT2D eigenvalue weighted by molar-refractivity contribution is 9.10. The van der Waals surface area contributed by atoms with E-state index in [4.69, 9.17) is 0 Å². The predicted octanol–water partition coefficient (Wildman–Crippen LogP) is 4.57. The molecule has 0 spiro atoms. The summed E-state index contributed by atoms with van der Waals surface area (Å²) in [6.45, 7) is 2.97. The van der Waals surface area contributed by atoms with Gasteiger partial charge in [-0.15, -0.1) is 11.8 Å². The monoisotopic (exact) mass is 322 g/mol. The molecule has 0 aliphatic rings. The Morgan fingerprint density at radius 2 is 2.17 bits per heavy atom. The molecule has 18 heavy (non-hydrogen) atoms. The smallest absolute Gasteiger partial charge is 0.126 e. The lowest BCUT2D eigenvalue weighted by Gasteiger charge is -2.05. The van der Waals surface area contributed by atoms with Gasteiger partial charge in [-0.2, -0.15) is 0 Å². The van der Waals surface area contributed by atoms with Crippen LogP contribution in [0.5, 0.6) is 0 Å². The number of nitrogens with one attached hydrogen (secondary N) is 1. The minimum Gasteiger partial charge on any atom is -0.370 e. The lowest BCUT2D eigenvalue weighted by atomic mass is 10.3. The van der Waals surface area contributed by atoms with E-state index in [2.05, 4.69) is 63.5 Å². The molecule has 2 nitrogen and oxygen atoms in total. The Hall–Kier alpha value is -1.00. The molecule has 0 radical (unpaired) electrons. The molecular formula is C14H15BrN2S. The lowest BCUT2D eigenvalue weighted by Crippen LogP contribution is -1.99. The summed E-state index contributed by atoms with van der Waals surface area (Å²) in [5.74, 6) is 1.90. The van der Waals surface area contributed by atoms with Crippen LogP contribution < -0.4 is 5.32 Å². The van der Waals surface area contributed by atoms with Crippen LogP contribution >= 0.6 is 27.7 Å². The minimum absolute atomic E-state index is 0.898. The summed E-state index contributed by atoms with van der Waals surface area (Å²) >= 11 is 5.32. The van der Waals surface area contributed by atoms with Gasteiger partial charge >= 0.3 is 0 Å². The molecule has 0 aliphatic carbocycles. The maximum absolute atomic E-state index is 4.27. The third-order valence-corrected chi connectivity index (χ3v) is 3.94. The zero-order valence-corrected chi connectivity index (χ0v) is 12.6.